The van der Waals surface area contributed by atoms with Gasteiger partial charge in [-0.2, -0.15) is 0 Å². The molecule has 0 unspecified atom stereocenters. The molecule has 152 valence electrons. The van der Waals surface area contributed by atoms with E-state index in [1.165, 1.54) is 0 Å². The molecule has 2 fully saturated rings. The number of carbonyl (C=O) groups is 2. The maximum Gasteiger partial charge on any atom is 0.227 e. The molecule has 0 spiro atoms. The van der Waals surface area contributed by atoms with Crippen LogP contribution in [0.2, 0.25) is 0 Å². The quantitative estimate of drug-likeness (QED) is 0.685. The molecular formula is C19H30Cl2N4O2. The molecule has 2 amide bonds. The van der Waals surface area contributed by atoms with Gasteiger partial charge in [0, 0.05) is 24.9 Å². The van der Waals surface area contributed by atoms with Gasteiger partial charge in [0.1, 0.15) is 0 Å². The summed E-state index contributed by atoms with van der Waals surface area (Å²) in [5, 5.41) is 3.12. The van der Waals surface area contributed by atoms with Crippen LogP contribution in [-0.2, 0) is 9.59 Å². The van der Waals surface area contributed by atoms with Crippen LogP contribution >= 0.6 is 24.8 Å². The molecule has 3 rings (SSSR count). The Morgan fingerprint density at radius 3 is 2.37 bits per heavy atom. The van der Waals surface area contributed by atoms with E-state index in [2.05, 4.69) is 10.2 Å². The van der Waals surface area contributed by atoms with Crippen molar-refractivity contribution in [3.63, 3.8) is 0 Å². The lowest BCUT2D eigenvalue weighted by atomic mass is 9.95. The minimum Gasteiger partial charge on any atom is -0.370 e. The summed E-state index contributed by atoms with van der Waals surface area (Å²) in [5.41, 5.74) is 13.1. The number of rotatable bonds is 5. The minimum absolute atomic E-state index is 0. The predicted octanol–water partition coefficient (Wildman–Crippen LogP) is 2.55. The fraction of sp³-hybridized carbons (Fsp3) is 0.579. The molecule has 1 saturated carbocycles. The Labute approximate surface area is 173 Å². The number of nitrogens with zero attached hydrogens (tertiary/aromatic N) is 1. The van der Waals surface area contributed by atoms with Crippen molar-refractivity contribution < 1.29 is 9.59 Å². The van der Waals surface area contributed by atoms with Crippen LogP contribution in [0.4, 0.5) is 11.4 Å². The second-order valence-electron chi connectivity index (χ2n) is 7.20. The predicted molar refractivity (Wildman–Crippen MR) is 114 cm³/mol. The Bertz CT molecular complexity index is 636. The van der Waals surface area contributed by atoms with E-state index >= 15 is 0 Å². The van der Waals surface area contributed by atoms with Gasteiger partial charge in [0.25, 0.3) is 0 Å². The first-order valence-corrected chi connectivity index (χ1v) is 9.24. The molecule has 1 aromatic rings. The number of para-hydroxylation sites is 2. The third kappa shape index (κ3) is 5.50. The first-order chi connectivity index (χ1) is 12.1. The van der Waals surface area contributed by atoms with Crippen LogP contribution in [0, 0.1) is 17.8 Å². The van der Waals surface area contributed by atoms with E-state index in [9.17, 15) is 9.59 Å². The normalized spacial score (nSPS) is 22.5. The van der Waals surface area contributed by atoms with Crippen molar-refractivity contribution in [2.45, 2.75) is 32.1 Å². The molecule has 2 aliphatic rings. The lowest BCUT2D eigenvalue weighted by molar-refractivity contribution is -0.122. The van der Waals surface area contributed by atoms with Crippen LogP contribution in [0.1, 0.15) is 32.1 Å². The average molecular weight is 417 g/mol. The number of primary amides is 1. The monoisotopic (exact) mass is 416 g/mol. The van der Waals surface area contributed by atoms with Gasteiger partial charge in [-0.25, -0.2) is 0 Å². The fourth-order valence-electron chi connectivity index (χ4n) is 4.15. The summed E-state index contributed by atoms with van der Waals surface area (Å²) in [5.74, 6) is 0.127. The van der Waals surface area contributed by atoms with Crippen molar-refractivity contribution in [1.82, 2.24) is 0 Å². The van der Waals surface area contributed by atoms with Crippen LogP contribution in [0.3, 0.4) is 0 Å². The SMILES string of the molecule is Cl.Cl.NC[C@H]1CCC[C@H]1C(=O)Nc1ccccc1N1CCC(C(N)=O)CC1. The van der Waals surface area contributed by atoms with E-state index in [1.807, 2.05) is 24.3 Å². The molecule has 0 bridgehead atoms. The van der Waals surface area contributed by atoms with Crippen molar-refractivity contribution >= 4 is 48.0 Å². The van der Waals surface area contributed by atoms with Gasteiger partial charge in [0.15, 0.2) is 0 Å². The van der Waals surface area contributed by atoms with Gasteiger partial charge in [-0.05, 0) is 50.3 Å². The molecule has 1 aliphatic heterocycles. The topological polar surface area (TPSA) is 101 Å². The van der Waals surface area contributed by atoms with Crippen LogP contribution in [0.5, 0.6) is 0 Å². The largest absolute Gasteiger partial charge is 0.370 e. The third-order valence-corrected chi connectivity index (χ3v) is 5.70. The van der Waals surface area contributed by atoms with Crippen LogP contribution in [0.15, 0.2) is 24.3 Å². The highest BCUT2D eigenvalue weighted by molar-refractivity contribution is 5.96. The zero-order chi connectivity index (χ0) is 17.8. The van der Waals surface area contributed by atoms with Crippen molar-refractivity contribution in [3.8, 4) is 0 Å². The molecule has 1 aliphatic carbocycles. The maximum absolute atomic E-state index is 12.7. The van der Waals surface area contributed by atoms with Gasteiger partial charge in [-0.1, -0.05) is 18.6 Å². The van der Waals surface area contributed by atoms with Gasteiger partial charge in [-0.3, -0.25) is 9.59 Å². The summed E-state index contributed by atoms with van der Waals surface area (Å²) >= 11 is 0. The van der Waals surface area contributed by atoms with Crippen molar-refractivity contribution in [3.05, 3.63) is 24.3 Å². The van der Waals surface area contributed by atoms with E-state index in [-0.39, 0.29) is 48.5 Å². The van der Waals surface area contributed by atoms with Crippen LogP contribution in [-0.4, -0.2) is 31.4 Å². The van der Waals surface area contributed by atoms with Gasteiger partial charge in [-0.15, -0.1) is 24.8 Å². The number of benzene rings is 1. The first kappa shape index (κ1) is 23.5. The fourth-order valence-corrected chi connectivity index (χ4v) is 4.15. The second kappa shape index (κ2) is 10.7. The molecule has 2 atom stereocenters. The molecule has 5 N–H and O–H groups in total. The lowest BCUT2D eigenvalue weighted by Gasteiger charge is -2.33. The maximum atomic E-state index is 12.7. The smallest absolute Gasteiger partial charge is 0.227 e. The highest BCUT2D eigenvalue weighted by Crippen LogP contribution is 2.34. The summed E-state index contributed by atoms with van der Waals surface area (Å²) in [4.78, 5) is 26.3. The van der Waals surface area contributed by atoms with Crippen LogP contribution in [0.25, 0.3) is 0 Å². The van der Waals surface area contributed by atoms with E-state index in [0.29, 0.717) is 12.5 Å². The number of amides is 2. The van der Waals surface area contributed by atoms with Crippen molar-refractivity contribution in [2.75, 3.05) is 29.9 Å². The first-order valence-electron chi connectivity index (χ1n) is 9.24. The summed E-state index contributed by atoms with van der Waals surface area (Å²) in [7, 11) is 0. The number of anilines is 2. The van der Waals surface area contributed by atoms with Gasteiger partial charge in [0.2, 0.25) is 11.8 Å². The summed E-state index contributed by atoms with van der Waals surface area (Å²) in [6.45, 7) is 2.12. The summed E-state index contributed by atoms with van der Waals surface area (Å²) in [6, 6.07) is 7.88. The van der Waals surface area contributed by atoms with E-state index in [1.54, 1.807) is 0 Å². The second-order valence-corrected chi connectivity index (χ2v) is 7.20. The molecule has 0 aromatic heterocycles. The zero-order valence-electron chi connectivity index (χ0n) is 15.4. The molecule has 1 aromatic carbocycles. The number of nitrogens with two attached hydrogens (primary N) is 2. The number of hydrogen-bond donors (Lipinski definition) is 3. The summed E-state index contributed by atoms with van der Waals surface area (Å²) < 4.78 is 0. The molecular weight excluding hydrogens is 387 g/mol. The Kier molecular flexibility index (Phi) is 9.36. The number of piperidine rings is 1. The highest BCUT2D eigenvalue weighted by atomic mass is 35.5. The van der Waals surface area contributed by atoms with E-state index < -0.39 is 0 Å². The molecule has 1 heterocycles. The highest BCUT2D eigenvalue weighted by Gasteiger charge is 2.32. The number of hydrogen-bond acceptors (Lipinski definition) is 4. The van der Waals surface area contributed by atoms with Crippen LogP contribution < -0.4 is 21.7 Å². The minimum atomic E-state index is -0.213. The lowest BCUT2D eigenvalue weighted by Crippen LogP contribution is -2.39. The van der Waals surface area contributed by atoms with Gasteiger partial charge < -0.3 is 21.7 Å². The zero-order valence-corrected chi connectivity index (χ0v) is 17.1. The van der Waals surface area contributed by atoms with E-state index in [4.69, 9.17) is 11.5 Å². The Morgan fingerprint density at radius 2 is 1.74 bits per heavy atom. The van der Waals surface area contributed by atoms with Crippen molar-refractivity contribution in [2.24, 2.45) is 29.2 Å². The molecule has 8 heteroatoms. The Morgan fingerprint density at radius 1 is 1.07 bits per heavy atom. The number of carbonyl (C=O) groups excluding carboxylic acids is 2. The molecule has 0 radical (unpaired) electrons. The summed E-state index contributed by atoms with van der Waals surface area (Å²) in [6.07, 6.45) is 4.55. The number of halogens is 2. The van der Waals surface area contributed by atoms with Gasteiger partial charge in [0.05, 0.1) is 11.4 Å². The average Bonchev–Trinajstić information content (AvgIpc) is 3.11. The third-order valence-electron chi connectivity index (χ3n) is 5.70. The Balaban J connectivity index is 0.00000182. The molecule has 6 nitrogen and oxygen atoms in total. The molecule has 27 heavy (non-hydrogen) atoms. The van der Waals surface area contributed by atoms with E-state index in [0.717, 1.165) is 56.6 Å². The van der Waals surface area contributed by atoms with Crippen molar-refractivity contribution in [1.29, 1.82) is 0 Å². The standard InChI is InChI=1S/C19H28N4O2.2ClH/c20-12-14-4-3-5-15(14)19(25)22-16-6-1-2-7-17(16)23-10-8-13(9-11-23)18(21)24;;/h1-2,6-7,13-15H,3-5,8-12,20H2,(H2,21,24)(H,22,25);2*1H/t14-,15-;;/m1../s1. The Hall–Kier alpha value is -1.50. The van der Waals surface area contributed by atoms with Gasteiger partial charge >= 0.3 is 0 Å². The molecule has 1 saturated heterocycles. The number of nitrogens with one attached hydrogen (secondary N) is 1.